The van der Waals surface area contributed by atoms with Crippen molar-refractivity contribution >= 4 is 23.2 Å². The summed E-state index contributed by atoms with van der Waals surface area (Å²) >= 11 is 12.2. The van der Waals surface area contributed by atoms with Gasteiger partial charge in [0.15, 0.2) is 11.5 Å². The third-order valence-electron chi connectivity index (χ3n) is 3.65. The monoisotopic (exact) mass is 337 g/mol. The number of benzene rings is 2. The van der Waals surface area contributed by atoms with Crippen molar-refractivity contribution in [3.63, 3.8) is 0 Å². The zero-order valence-corrected chi connectivity index (χ0v) is 13.7. The lowest BCUT2D eigenvalue weighted by Gasteiger charge is -2.20. The second-order valence-corrected chi connectivity index (χ2v) is 6.09. The molecule has 0 saturated carbocycles. The summed E-state index contributed by atoms with van der Waals surface area (Å²) in [4.78, 5) is 0. The first-order valence-electron chi connectivity index (χ1n) is 7.20. The Bertz CT molecular complexity index is 676. The molecule has 1 unspecified atom stereocenters. The molecule has 1 N–H and O–H groups in total. The number of rotatable bonds is 4. The first kappa shape index (κ1) is 15.5. The van der Waals surface area contributed by atoms with Crippen LogP contribution in [0.1, 0.15) is 24.1 Å². The highest BCUT2D eigenvalue weighted by Gasteiger charge is 2.13. The SMILES string of the molecule is CC(NCc1ccc2c(c1)OCCO2)c1ccc(Cl)cc1Cl. The highest BCUT2D eigenvalue weighted by molar-refractivity contribution is 6.35. The van der Waals surface area contributed by atoms with Crippen LogP contribution >= 0.6 is 23.2 Å². The molecule has 5 heteroatoms. The fourth-order valence-corrected chi connectivity index (χ4v) is 3.00. The Balaban J connectivity index is 1.66. The van der Waals surface area contributed by atoms with Gasteiger partial charge in [-0.2, -0.15) is 0 Å². The Morgan fingerprint density at radius 3 is 2.59 bits per heavy atom. The average molecular weight is 338 g/mol. The van der Waals surface area contributed by atoms with Gasteiger partial charge in [-0.3, -0.25) is 0 Å². The van der Waals surface area contributed by atoms with E-state index < -0.39 is 0 Å². The predicted molar refractivity (Wildman–Crippen MR) is 89.1 cm³/mol. The second-order valence-electron chi connectivity index (χ2n) is 5.25. The molecule has 0 amide bonds. The van der Waals surface area contributed by atoms with E-state index in [-0.39, 0.29) is 6.04 Å². The Kier molecular flexibility index (Phi) is 4.77. The zero-order valence-electron chi connectivity index (χ0n) is 12.2. The van der Waals surface area contributed by atoms with Crippen molar-refractivity contribution in [2.24, 2.45) is 0 Å². The first-order valence-corrected chi connectivity index (χ1v) is 7.96. The van der Waals surface area contributed by atoms with Crippen molar-refractivity contribution in [3.05, 3.63) is 57.6 Å². The molecule has 2 aromatic carbocycles. The average Bonchev–Trinajstić information content (AvgIpc) is 2.52. The Morgan fingerprint density at radius 1 is 1.05 bits per heavy atom. The molecule has 1 aliphatic rings. The van der Waals surface area contributed by atoms with Crippen LogP contribution in [0.4, 0.5) is 0 Å². The van der Waals surface area contributed by atoms with E-state index in [1.165, 1.54) is 0 Å². The molecule has 1 aliphatic heterocycles. The smallest absolute Gasteiger partial charge is 0.161 e. The standard InChI is InChI=1S/C17H17Cl2NO2/c1-11(14-4-3-13(18)9-15(14)19)20-10-12-2-5-16-17(8-12)22-7-6-21-16/h2-5,8-9,11,20H,6-7,10H2,1H3. The summed E-state index contributed by atoms with van der Waals surface area (Å²) < 4.78 is 11.1. The molecule has 0 radical (unpaired) electrons. The van der Waals surface area contributed by atoms with Gasteiger partial charge in [0, 0.05) is 22.6 Å². The number of fused-ring (bicyclic) bond motifs is 1. The van der Waals surface area contributed by atoms with E-state index in [0.29, 0.717) is 23.3 Å². The maximum absolute atomic E-state index is 6.24. The minimum absolute atomic E-state index is 0.123. The third-order valence-corrected chi connectivity index (χ3v) is 4.21. The van der Waals surface area contributed by atoms with Gasteiger partial charge >= 0.3 is 0 Å². The molecule has 1 heterocycles. The van der Waals surface area contributed by atoms with Crippen molar-refractivity contribution in [1.29, 1.82) is 0 Å². The van der Waals surface area contributed by atoms with Crippen molar-refractivity contribution in [3.8, 4) is 11.5 Å². The van der Waals surface area contributed by atoms with Crippen LogP contribution in [0.25, 0.3) is 0 Å². The number of nitrogens with one attached hydrogen (secondary N) is 1. The minimum Gasteiger partial charge on any atom is -0.486 e. The van der Waals surface area contributed by atoms with Crippen molar-refractivity contribution in [2.45, 2.75) is 19.5 Å². The molecule has 0 spiro atoms. The van der Waals surface area contributed by atoms with Crippen molar-refractivity contribution in [1.82, 2.24) is 5.32 Å². The van der Waals surface area contributed by atoms with Crippen LogP contribution in [0.2, 0.25) is 10.0 Å². The summed E-state index contributed by atoms with van der Waals surface area (Å²) in [5, 5.41) is 4.78. The molecule has 0 aromatic heterocycles. The van der Waals surface area contributed by atoms with E-state index in [4.69, 9.17) is 32.7 Å². The quantitative estimate of drug-likeness (QED) is 0.883. The van der Waals surface area contributed by atoms with Crippen LogP contribution < -0.4 is 14.8 Å². The summed E-state index contributed by atoms with van der Waals surface area (Å²) in [6.07, 6.45) is 0. The van der Waals surface area contributed by atoms with E-state index in [2.05, 4.69) is 12.2 Å². The molecule has 3 nitrogen and oxygen atoms in total. The van der Waals surface area contributed by atoms with Gasteiger partial charge in [-0.05, 0) is 42.3 Å². The highest BCUT2D eigenvalue weighted by Crippen LogP contribution is 2.31. The second kappa shape index (κ2) is 6.78. The number of hydrogen-bond donors (Lipinski definition) is 1. The van der Waals surface area contributed by atoms with Gasteiger partial charge in [-0.1, -0.05) is 35.3 Å². The maximum atomic E-state index is 6.24. The van der Waals surface area contributed by atoms with Gasteiger partial charge in [0.05, 0.1) is 0 Å². The van der Waals surface area contributed by atoms with Crippen LogP contribution in [0.3, 0.4) is 0 Å². The van der Waals surface area contributed by atoms with Crippen molar-refractivity contribution < 1.29 is 9.47 Å². The van der Waals surface area contributed by atoms with E-state index in [1.54, 1.807) is 6.07 Å². The highest BCUT2D eigenvalue weighted by atomic mass is 35.5. The number of hydrogen-bond acceptors (Lipinski definition) is 3. The molecule has 22 heavy (non-hydrogen) atoms. The van der Waals surface area contributed by atoms with Crippen LogP contribution in [-0.4, -0.2) is 13.2 Å². The summed E-state index contributed by atoms with van der Waals surface area (Å²) in [6, 6.07) is 11.7. The molecule has 116 valence electrons. The fourth-order valence-electron chi connectivity index (χ4n) is 2.43. The van der Waals surface area contributed by atoms with Crippen LogP contribution in [0, 0.1) is 0 Å². The zero-order chi connectivity index (χ0) is 15.5. The molecule has 0 bridgehead atoms. The Morgan fingerprint density at radius 2 is 1.82 bits per heavy atom. The van der Waals surface area contributed by atoms with Crippen molar-refractivity contribution in [2.75, 3.05) is 13.2 Å². The van der Waals surface area contributed by atoms with E-state index in [9.17, 15) is 0 Å². The molecule has 1 atom stereocenters. The molecule has 2 aromatic rings. The van der Waals surface area contributed by atoms with Gasteiger partial charge in [-0.15, -0.1) is 0 Å². The summed E-state index contributed by atoms with van der Waals surface area (Å²) in [7, 11) is 0. The topological polar surface area (TPSA) is 30.5 Å². The molecule has 0 aliphatic carbocycles. The van der Waals surface area contributed by atoms with Crippen LogP contribution in [-0.2, 0) is 6.54 Å². The molecule has 0 fully saturated rings. The minimum atomic E-state index is 0.123. The summed E-state index contributed by atoms with van der Waals surface area (Å²) in [5.74, 6) is 1.62. The Hall–Kier alpha value is -1.42. The lowest BCUT2D eigenvalue weighted by Crippen LogP contribution is -2.19. The molecular weight excluding hydrogens is 321 g/mol. The van der Waals surface area contributed by atoms with E-state index in [0.717, 1.165) is 29.2 Å². The number of halogens is 2. The normalized spacial score (nSPS) is 14.7. The van der Waals surface area contributed by atoms with E-state index in [1.807, 2.05) is 30.3 Å². The number of ether oxygens (including phenoxy) is 2. The lowest BCUT2D eigenvalue weighted by atomic mass is 10.1. The molecular formula is C17H17Cl2NO2. The molecule has 0 saturated heterocycles. The van der Waals surface area contributed by atoms with E-state index >= 15 is 0 Å². The fraction of sp³-hybridized carbons (Fsp3) is 0.294. The maximum Gasteiger partial charge on any atom is 0.161 e. The van der Waals surface area contributed by atoms with Crippen LogP contribution in [0.15, 0.2) is 36.4 Å². The van der Waals surface area contributed by atoms with Crippen LogP contribution in [0.5, 0.6) is 11.5 Å². The molecule has 3 rings (SSSR count). The van der Waals surface area contributed by atoms with Gasteiger partial charge in [0.1, 0.15) is 13.2 Å². The Labute approximate surface area is 140 Å². The third kappa shape index (κ3) is 3.49. The largest absolute Gasteiger partial charge is 0.486 e. The summed E-state index contributed by atoms with van der Waals surface area (Å²) in [5.41, 5.74) is 2.17. The van der Waals surface area contributed by atoms with Gasteiger partial charge in [-0.25, -0.2) is 0 Å². The van der Waals surface area contributed by atoms with Gasteiger partial charge < -0.3 is 14.8 Å². The predicted octanol–water partition coefficient (Wildman–Crippen LogP) is 4.62. The first-order chi connectivity index (χ1) is 10.6. The lowest BCUT2D eigenvalue weighted by molar-refractivity contribution is 0.171. The van der Waals surface area contributed by atoms with Gasteiger partial charge in [0.2, 0.25) is 0 Å². The summed E-state index contributed by atoms with van der Waals surface area (Å²) in [6.45, 7) is 4.00. The van der Waals surface area contributed by atoms with Gasteiger partial charge in [0.25, 0.3) is 0 Å².